The fourth-order valence-electron chi connectivity index (χ4n) is 1.42. The van der Waals surface area contributed by atoms with Crippen LogP contribution in [0.2, 0.25) is 0 Å². The van der Waals surface area contributed by atoms with Gasteiger partial charge in [0, 0.05) is 17.8 Å². The maximum absolute atomic E-state index is 5.58. The highest BCUT2D eigenvalue weighted by molar-refractivity contribution is 7.98. The molecule has 0 aliphatic carbocycles. The highest BCUT2D eigenvalue weighted by atomic mass is 32.2. The number of nitrogens with one attached hydrogen (secondary N) is 1. The number of hydrogen-bond donors (Lipinski definition) is 2. The average molecular weight is 226 g/mol. The Bertz CT molecular complexity index is 327. The monoisotopic (exact) mass is 226 g/mol. The lowest BCUT2D eigenvalue weighted by Gasteiger charge is -2.12. The molecule has 15 heavy (non-hydrogen) atoms. The first-order valence-electron chi connectivity index (χ1n) is 5.08. The second kappa shape index (κ2) is 5.92. The fourth-order valence-corrected chi connectivity index (χ4v) is 1.83. The number of anilines is 1. The Morgan fingerprint density at radius 2 is 2.13 bits per heavy atom. The molecule has 0 bridgehead atoms. The third kappa shape index (κ3) is 3.07. The molecule has 0 fully saturated rings. The standard InChI is InChI=1S/C10H18N4S/c1-4-12-9-8(5-6-11)7(2)13-10(14-9)15-3/h4-6,11H2,1-3H3,(H,12,13,14). The first-order chi connectivity index (χ1) is 7.22. The van der Waals surface area contributed by atoms with Gasteiger partial charge in [-0.25, -0.2) is 9.97 Å². The van der Waals surface area contributed by atoms with E-state index in [0.29, 0.717) is 6.54 Å². The zero-order valence-corrected chi connectivity index (χ0v) is 10.3. The molecule has 1 heterocycles. The van der Waals surface area contributed by atoms with E-state index in [4.69, 9.17) is 5.73 Å². The summed E-state index contributed by atoms with van der Waals surface area (Å²) in [7, 11) is 0. The van der Waals surface area contributed by atoms with Crippen LogP contribution in [-0.2, 0) is 6.42 Å². The van der Waals surface area contributed by atoms with Gasteiger partial charge >= 0.3 is 0 Å². The molecule has 0 radical (unpaired) electrons. The summed E-state index contributed by atoms with van der Waals surface area (Å²) in [6.07, 6.45) is 2.80. The van der Waals surface area contributed by atoms with Crippen LogP contribution < -0.4 is 11.1 Å². The summed E-state index contributed by atoms with van der Waals surface area (Å²) in [4.78, 5) is 8.85. The lowest BCUT2D eigenvalue weighted by Crippen LogP contribution is -2.12. The molecular weight excluding hydrogens is 208 g/mol. The van der Waals surface area contributed by atoms with Crippen LogP contribution in [0.4, 0.5) is 5.82 Å². The van der Waals surface area contributed by atoms with Crippen molar-refractivity contribution in [2.45, 2.75) is 25.4 Å². The number of rotatable bonds is 5. The predicted molar refractivity (Wildman–Crippen MR) is 65.5 cm³/mol. The van der Waals surface area contributed by atoms with Gasteiger partial charge in [-0.3, -0.25) is 0 Å². The first-order valence-corrected chi connectivity index (χ1v) is 6.30. The average Bonchev–Trinajstić information content (AvgIpc) is 2.23. The number of aryl methyl sites for hydroxylation is 1. The lowest BCUT2D eigenvalue weighted by molar-refractivity contribution is 0.861. The van der Waals surface area contributed by atoms with Gasteiger partial charge in [-0.05, 0) is 33.1 Å². The summed E-state index contributed by atoms with van der Waals surface area (Å²) in [5.74, 6) is 0.930. The molecule has 0 aliphatic rings. The van der Waals surface area contributed by atoms with Crippen LogP contribution in [0.1, 0.15) is 18.2 Å². The van der Waals surface area contributed by atoms with Crippen LogP contribution in [0.5, 0.6) is 0 Å². The van der Waals surface area contributed by atoms with E-state index in [2.05, 4.69) is 22.2 Å². The molecular formula is C10H18N4S. The van der Waals surface area contributed by atoms with E-state index in [0.717, 1.165) is 35.2 Å². The van der Waals surface area contributed by atoms with Crippen LogP contribution in [0, 0.1) is 6.92 Å². The van der Waals surface area contributed by atoms with Gasteiger partial charge < -0.3 is 11.1 Å². The Kier molecular flexibility index (Phi) is 4.84. The third-order valence-electron chi connectivity index (χ3n) is 2.11. The smallest absolute Gasteiger partial charge is 0.189 e. The minimum atomic E-state index is 0.626. The molecule has 0 saturated heterocycles. The normalized spacial score (nSPS) is 10.4. The molecule has 0 amide bonds. The maximum Gasteiger partial charge on any atom is 0.189 e. The summed E-state index contributed by atoms with van der Waals surface area (Å²) in [6.45, 7) is 5.55. The van der Waals surface area contributed by atoms with Crippen molar-refractivity contribution >= 4 is 17.6 Å². The molecule has 0 saturated carbocycles. The molecule has 1 aromatic rings. The molecule has 3 N–H and O–H groups in total. The fraction of sp³-hybridized carbons (Fsp3) is 0.600. The zero-order chi connectivity index (χ0) is 11.3. The molecule has 0 unspecified atom stereocenters. The predicted octanol–water partition coefficient (Wildman–Crippen LogP) is 1.44. The van der Waals surface area contributed by atoms with Gasteiger partial charge in [0.2, 0.25) is 0 Å². The molecule has 0 aliphatic heterocycles. The molecule has 4 nitrogen and oxygen atoms in total. The summed E-state index contributed by atoms with van der Waals surface area (Å²) < 4.78 is 0. The van der Waals surface area contributed by atoms with E-state index < -0.39 is 0 Å². The maximum atomic E-state index is 5.58. The van der Waals surface area contributed by atoms with E-state index in [9.17, 15) is 0 Å². The van der Waals surface area contributed by atoms with Gasteiger partial charge in [-0.2, -0.15) is 0 Å². The Labute approximate surface area is 95.1 Å². The largest absolute Gasteiger partial charge is 0.370 e. The van der Waals surface area contributed by atoms with Gasteiger partial charge in [0.1, 0.15) is 5.82 Å². The second-order valence-corrected chi connectivity index (χ2v) is 3.97. The highest BCUT2D eigenvalue weighted by Gasteiger charge is 2.09. The van der Waals surface area contributed by atoms with Crippen molar-refractivity contribution < 1.29 is 0 Å². The number of nitrogens with zero attached hydrogens (tertiary/aromatic N) is 2. The van der Waals surface area contributed by atoms with E-state index >= 15 is 0 Å². The quantitative estimate of drug-likeness (QED) is 0.587. The van der Waals surface area contributed by atoms with Gasteiger partial charge in [-0.15, -0.1) is 0 Å². The lowest BCUT2D eigenvalue weighted by atomic mass is 10.1. The van der Waals surface area contributed by atoms with Crippen molar-refractivity contribution in [2.24, 2.45) is 5.73 Å². The van der Waals surface area contributed by atoms with Crippen LogP contribution in [0.3, 0.4) is 0 Å². The second-order valence-electron chi connectivity index (χ2n) is 3.19. The summed E-state index contributed by atoms with van der Waals surface area (Å²) in [6, 6.07) is 0. The van der Waals surface area contributed by atoms with Crippen molar-refractivity contribution in [3.8, 4) is 0 Å². The van der Waals surface area contributed by atoms with Crippen molar-refractivity contribution in [3.63, 3.8) is 0 Å². The molecule has 0 atom stereocenters. The molecule has 1 aromatic heterocycles. The summed E-state index contributed by atoms with van der Waals surface area (Å²) in [5, 5.41) is 4.07. The van der Waals surface area contributed by atoms with Crippen LogP contribution in [-0.4, -0.2) is 29.3 Å². The van der Waals surface area contributed by atoms with Crippen molar-refractivity contribution in [1.29, 1.82) is 0 Å². The van der Waals surface area contributed by atoms with Crippen LogP contribution in [0.25, 0.3) is 0 Å². The minimum Gasteiger partial charge on any atom is -0.370 e. The zero-order valence-electron chi connectivity index (χ0n) is 9.50. The summed E-state index contributed by atoms with van der Waals surface area (Å²) in [5.41, 5.74) is 7.74. The molecule has 84 valence electrons. The number of thioether (sulfide) groups is 1. The molecule has 0 aromatic carbocycles. The van der Waals surface area contributed by atoms with Crippen molar-refractivity contribution in [1.82, 2.24) is 9.97 Å². The van der Waals surface area contributed by atoms with E-state index in [1.165, 1.54) is 0 Å². The Hall–Kier alpha value is -0.810. The van der Waals surface area contributed by atoms with Gasteiger partial charge in [0.25, 0.3) is 0 Å². The number of nitrogens with two attached hydrogens (primary N) is 1. The number of aromatic nitrogens is 2. The van der Waals surface area contributed by atoms with E-state index in [1.54, 1.807) is 11.8 Å². The molecule has 5 heteroatoms. The Morgan fingerprint density at radius 3 is 2.67 bits per heavy atom. The molecule has 1 rings (SSSR count). The van der Waals surface area contributed by atoms with Gasteiger partial charge in [0.15, 0.2) is 5.16 Å². The topological polar surface area (TPSA) is 63.8 Å². The van der Waals surface area contributed by atoms with E-state index in [1.807, 2.05) is 13.2 Å². The highest BCUT2D eigenvalue weighted by Crippen LogP contribution is 2.20. The third-order valence-corrected chi connectivity index (χ3v) is 2.66. The van der Waals surface area contributed by atoms with Gasteiger partial charge in [-0.1, -0.05) is 11.8 Å². The van der Waals surface area contributed by atoms with Gasteiger partial charge in [0.05, 0.1) is 0 Å². The van der Waals surface area contributed by atoms with Crippen molar-refractivity contribution in [2.75, 3.05) is 24.7 Å². The first kappa shape index (κ1) is 12.3. The Morgan fingerprint density at radius 1 is 1.40 bits per heavy atom. The molecule has 0 spiro atoms. The summed E-state index contributed by atoms with van der Waals surface area (Å²) >= 11 is 1.56. The SMILES string of the molecule is CCNc1nc(SC)nc(C)c1CCN. The Balaban J connectivity index is 3.10. The van der Waals surface area contributed by atoms with Crippen LogP contribution in [0.15, 0.2) is 5.16 Å². The van der Waals surface area contributed by atoms with E-state index in [-0.39, 0.29) is 0 Å². The minimum absolute atomic E-state index is 0.626. The number of hydrogen-bond acceptors (Lipinski definition) is 5. The van der Waals surface area contributed by atoms with Crippen LogP contribution >= 0.6 is 11.8 Å². The van der Waals surface area contributed by atoms with Crippen molar-refractivity contribution in [3.05, 3.63) is 11.3 Å².